The Morgan fingerprint density at radius 1 is 1.04 bits per heavy atom. The van der Waals surface area contributed by atoms with Crippen molar-refractivity contribution < 1.29 is 29.0 Å². The third kappa shape index (κ3) is 6.33. The largest absolute Gasteiger partial charge is 0.480 e. The minimum atomic E-state index is -1.16. The van der Waals surface area contributed by atoms with Gasteiger partial charge >= 0.3 is 18.2 Å². The Bertz CT molecular complexity index is 471. The maximum atomic E-state index is 11.8. The molecule has 2 amide bonds. The van der Waals surface area contributed by atoms with Crippen molar-refractivity contribution in [3.05, 3.63) is 0 Å². The Hall–Kier alpha value is -1.99. The van der Waals surface area contributed by atoms with Crippen molar-refractivity contribution in [1.29, 1.82) is 0 Å². The molecule has 8 nitrogen and oxygen atoms in total. The van der Waals surface area contributed by atoms with Gasteiger partial charge in [-0.25, -0.2) is 14.4 Å². The quantitative estimate of drug-likeness (QED) is 0.818. The van der Waals surface area contributed by atoms with Gasteiger partial charge in [0.05, 0.1) is 0 Å². The van der Waals surface area contributed by atoms with Crippen LogP contribution in [0.1, 0.15) is 41.5 Å². The molecule has 1 rings (SSSR count). The molecule has 1 atom stereocenters. The van der Waals surface area contributed by atoms with E-state index in [1.54, 1.807) is 41.5 Å². The van der Waals surface area contributed by atoms with Crippen molar-refractivity contribution in [3.63, 3.8) is 0 Å². The summed E-state index contributed by atoms with van der Waals surface area (Å²) in [5, 5.41) is 11.6. The number of carboxylic acids is 1. The molecular weight excluding hydrogens is 304 g/mol. The van der Waals surface area contributed by atoms with Crippen LogP contribution in [0.25, 0.3) is 0 Å². The standard InChI is InChI=1S/C15H26N2O6/c1-14(2,3)22-12(20)16-10(11(18)19)9-7-17(8-9)13(21)23-15(4,5)6/h9-10H,7-8H2,1-6H3,(H,16,20)(H,18,19)/t10-/m1/s1. The molecule has 0 bridgehead atoms. The predicted octanol–water partition coefficient (Wildman–Crippen LogP) is 1.83. The van der Waals surface area contributed by atoms with Crippen molar-refractivity contribution >= 4 is 18.2 Å². The second kappa shape index (κ2) is 6.64. The molecular formula is C15H26N2O6. The van der Waals surface area contributed by atoms with Gasteiger partial charge in [-0.15, -0.1) is 0 Å². The minimum absolute atomic E-state index is 0.210. The lowest BCUT2D eigenvalue weighted by atomic mass is 9.92. The summed E-state index contributed by atoms with van der Waals surface area (Å²) in [6.07, 6.45) is -1.28. The molecule has 1 aliphatic rings. The van der Waals surface area contributed by atoms with Crippen molar-refractivity contribution in [1.82, 2.24) is 10.2 Å². The van der Waals surface area contributed by atoms with Crippen molar-refractivity contribution in [2.24, 2.45) is 5.92 Å². The Balaban J connectivity index is 2.55. The molecule has 0 spiro atoms. The molecule has 1 heterocycles. The molecule has 1 aliphatic heterocycles. The van der Waals surface area contributed by atoms with Gasteiger partial charge in [-0.05, 0) is 41.5 Å². The van der Waals surface area contributed by atoms with Crippen LogP contribution in [0, 0.1) is 5.92 Å². The topological polar surface area (TPSA) is 105 Å². The van der Waals surface area contributed by atoms with Crippen LogP contribution in [0.15, 0.2) is 0 Å². The lowest BCUT2D eigenvalue weighted by Crippen LogP contribution is -2.61. The number of ether oxygens (including phenoxy) is 2. The minimum Gasteiger partial charge on any atom is -0.480 e. The summed E-state index contributed by atoms with van der Waals surface area (Å²) in [4.78, 5) is 36.3. The monoisotopic (exact) mass is 330 g/mol. The first-order valence-corrected chi connectivity index (χ1v) is 7.49. The molecule has 1 saturated heterocycles. The van der Waals surface area contributed by atoms with E-state index >= 15 is 0 Å². The molecule has 0 aliphatic carbocycles. The Morgan fingerprint density at radius 2 is 1.52 bits per heavy atom. The molecule has 23 heavy (non-hydrogen) atoms. The lowest BCUT2D eigenvalue weighted by Gasteiger charge is -2.42. The average molecular weight is 330 g/mol. The highest BCUT2D eigenvalue weighted by molar-refractivity contribution is 5.81. The maximum Gasteiger partial charge on any atom is 0.410 e. The van der Waals surface area contributed by atoms with Crippen LogP contribution >= 0.6 is 0 Å². The SMILES string of the molecule is CC(C)(C)OC(=O)N[C@@H](C(=O)O)C1CN(C(=O)OC(C)(C)C)C1. The van der Waals surface area contributed by atoms with E-state index in [4.69, 9.17) is 9.47 Å². The maximum absolute atomic E-state index is 11.8. The molecule has 0 unspecified atom stereocenters. The number of alkyl carbamates (subject to hydrolysis) is 1. The number of carbonyl (C=O) groups excluding carboxylic acids is 2. The van der Waals surface area contributed by atoms with Crippen LogP contribution in [0.3, 0.4) is 0 Å². The summed E-state index contributed by atoms with van der Waals surface area (Å²) in [7, 11) is 0. The molecule has 0 aromatic heterocycles. The van der Waals surface area contributed by atoms with Gasteiger partial charge in [0.2, 0.25) is 0 Å². The number of rotatable bonds is 3. The van der Waals surface area contributed by atoms with E-state index in [9.17, 15) is 19.5 Å². The van der Waals surface area contributed by atoms with Gasteiger partial charge in [-0.1, -0.05) is 0 Å². The van der Waals surface area contributed by atoms with Gasteiger partial charge in [0, 0.05) is 19.0 Å². The molecule has 0 saturated carbocycles. The third-order valence-corrected chi connectivity index (χ3v) is 2.97. The molecule has 2 N–H and O–H groups in total. The molecule has 132 valence electrons. The Kier molecular flexibility index (Phi) is 5.50. The predicted molar refractivity (Wildman–Crippen MR) is 82.1 cm³/mol. The van der Waals surface area contributed by atoms with Gasteiger partial charge in [-0.2, -0.15) is 0 Å². The highest BCUT2D eigenvalue weighted by Gasteiger charge is 2.42. The normalized spacial score (nSPS) is 17.0. The molecule has 0 aromatic carbocycles. The summed E-state index contributed by atoms with van der Waals surface area (Å²) >= 11 is 0. The highest BCUT2D eigenvalue weighted by atomic mass is 16.6. The molecule has 0 aromatic rings. The zero-order valence-corrected chi connectivity index (χ0v) is 14.5. The fourth-order valence-corrected chi connectivity index (χ4v) is 2.01. The van der Waals surface area contributed by atoms with Gasteiger partial charge in [0.1, 0.15) is 17.2 Å². The summed E-state index contributed by atoms with van der Waals surface area (Å²) in [6, 6.07) is -1.11. The van der Waals surface area contributed by atoms with Gasteiger partial charge in [0.15, 0.2) is 0 Å². The van der Waals surface area contributed by atoms with E-state index < -0.39 is 35.4 Å². The van der Waals surface area contributed by atoms with Gasteiger partial charge in [-0.3, -0.25) is 0 Å². The first kappa shape index (κ1) is 19.1. The molecule has 1 fully saturated rings. The number of aliphatic carboxylic acids is 1. The smallest absolute Gasteiger partial charge is 0.410 e. The number of likely N-dealkylation sites (tertiary alicyclic amines) is 1. The first-order valence-electron chi connectivity index (χ1n) is 7.49. The number of amides is 2. The first-order chi connectivity index (χ1) is 10.3. The third-order valence-electron chi connectivity index (χ3n) is 2.97. The Labute approximate surface area is 136 Å². The van der Waals surface area contributed by atoms with E-state index in [0.717, 1.165) is 0 Å². The van der Waals surface area contributed by atoms with Crippen molar-refractivity contribution in [2.45, 2.75) is 58.8 Å². The number of hydrogen-bond donors (Lipinski definition) is 2. The fourth-order valence-electron chi connectivity index (χ4n) is 2.01. The summed E-state index contributed by atoms with van der Waals surface area (Å²) in [6.45, 7) is 10.8. The van der Waals surface area contributed by atoms with E-state index in [1.807, 2.05) is 0 Å². The highest BCUT2D eigenvalue weighted by Crippen LogP contribution is 2.23. The van der Waals surface area contributed by atoms with Crippen LogP contribution in [0.5, 0.6) is 0 Å². The fraction of sp³-hybridized carbons (Fsp3) is 0.800. The summed E-state index contributed by atoms with van der Waals surface area (Å²) in [5.41, 5.74) is -1.32. The van der Waals surface area contributed by atoms with Crippen molar-refractivity contribution in [3.8, 4) is 0 Å². The second-order valence-electron chi connectivity index (χ2n) is 7.61. The van der Waals surface area contributed by atoms with Crippen LogP contribution < -0.4 is 5.32 Å². The van der Waals surface area contributed by atoms with Crippen LogP contribution in [-0.4, -0.2) is 58.5 Å². The number of hydrogen-bond acceptors (Lipinski definition) is 5. The van der Waals surface area contributed by atoms with Crippen LogP contribution in [0.4, 0.5) is 9.59 Å². The zero-order valence-electron chi connectivity index (χ0n) is 14.5. The average Bonchev–Trinajstić information content (AvgIpc) is 2.19. The van der Waals surface area contributed by atoms with E-state index in [2.05, 4.69) is 5.32 Å². The second-order valence-corrected chi connectivity index (χ2v) is 7.61. The van der Waals surface area contributed by atoms with Crippen LogP contribution in [0.2, 0.25) is 0 Å². The van der Waals surface area contributed by atoms with E-state index in [0.29, 0.717) is 0 Å². The number of carbonyl (C=O) groups is 3. The Morgan fingerprint density at radius 3 is 1.91 bits per heavy atom. The molecule has 8 heteroatoms. The number of nitrogens with zero attached hydrogens (tertiary/aromatic N) is 1. The van der Waals surface area contributed by atoms with Gasteiger partial charge in [0.25, 0.3) is 0 Å². The molecule has 0 radical (unpaired) electrons. The van der Waals surface area contributed by atoms with E-state index in [-0.39, 0.29) is 19.0 Å². The zero-order chi connectivity index (χ0) is 18.0. The summed E-state index contributed by atoms with van der Waals surface area (Å²) < 4.78 is 10.3. The van der Waals surface area contributed by atoms with Crippen LogP contribution in [-0.2, 0) is 14.3 Å². The van der Waals surface area contributed by atoms with E-state index in [1.165, 1.54) is 4.90 Å². The lowest BCUT2D eigenvalue weighted by molar-refractivity contribution is -0.143. The number of carboxylic acid groups (broad SMARTS) is 1. The van der Waals surface area contributed by atoms with Gasteiger partial charge < -0.3 is 24.8 Å². The van der Waals surface area contributed by atoms with Crippen molar-refractivity contribution in [2.75, 3.05) is 13.1 Å². The number of nitrogens with one attached hydrogen (secondary N) is 1. The summed E-state index contributed by atoms with van der Waals surface area (Å²) in [5.74, 6) is -1.54.